The molecule has 0 N–H and O–H groups in total. The second kappa shape index (κ2) is 14.8. The van der Waals surface area contributed by atoms with Crippen LogP contribution in [-0.4, -0.2) is 41.9 Å². The van der Waals surface area contributed by atoms with Gasteiger partial charge in [-0.2, -0.15) is 0 Å². The Bertz CT molecular complexity index is 160. The molecule has 0 unspecified atom stereocenters. The molecule has 0 saturated heterocycles. The minimum Gasteiger partial charge on any atom is -0.374 e. The van der Waals surface area contributed by atoms with Crippen LogP contribution < -0.4 is 0 Å². The fourth-order valence-electron chi connectivity index (χ4n) is 1.49. The summed E-state index contributed by atoms with van der Waals surface area (Å²) in [7, 11) is -0.514. The summed E-state index contributed by atoms with van der Waals surface area (Å²) < 4.78 is 16.9. The van der Waals surface area contributed by atoms with E-state index in [9.17, 15) is 0 Å². The highest BCUT2D eigenvalue weighted by Crippen LogP contribution is 2.17. The number of hydrogen-bond acceptors (Lipinski definition) is 4. The van der Waals surface area contributed by atoms with Crippen molar-refractivity contribution in [3.8, 4) is 0 Å². The number of nitrogens with zero attached hydrogens (tertiary/aromatic N) is 1. The molecule has 5 heteroatoms. The third-order valence-electron chi connectivity index (χ3n) is 2.01. The maximum absolute atomic E-state index is 5.65. The second-order valence-electron chi connectivity index (χ2n) is 3.58. The van der Waals surface area contributed by atoms with E-state index in [1.165, 1.54) is 0 Å². The summed E-state index contributed by atoms with van der Waals surface area (Å²) in [4.78, 5) is 3.73. The molecule has 0 saturated carbocycles. The van der Waals surface area contributed by atoms with Crippen LogP contribution in [0.2, 0.25) is 6.04 Å². The van der Waals surface area contributed by atoms with E-state index in [0.717, 1.165) is 18.9 Å². The summed E-state index contributed by atoms with van der Waals surface area (Å²) in [5.74, 6) is 0. The third-order valence-corrected chi connectivity index (χ3v) is 5.31. The zero-order chi connectivity index (χ0) is 14.3. The van der Waals surface area contributed by atoms with E-state index in [1.807, 2.05) is 27.0 Å². The van der Waals surface area contributed by atoms with Crippen molar-refractivity contribution in [3.05, 3.63) is 0 Å². The lowest BCUT2D eigenvalue weighted by atomic mass is 10.5. The molecule has 0 aliphatic rings. The Labute approximate surface area is 114 Å². The van der Waals surface area contributed by atoms with Crippen LogP contribution in [0.4, 0.5) is 0 Å². The maximum Gasteiger partial charge on any atom is 0.500 e. The molecule has 0 radical (unpaired) electrons. The van der Waals surface area contributed by atoms with Crippen LogP contribution in [0.3, 0.4) is 0 Å². The van der Waals surface area contributed by atoms with Gasteiger partial charge in [-0.05, 0) is 33.4 Å². The standard InChI is InChI=1S/C9H22O3Si.C4H9N/c1-5-9-13(10-6-2,11-7-3)12-8-4;1-3-4-5-2/h5-9H2,1-4H3;4H,3H2,1-2H3. The van der Waals surface area contributed by atoms with Crippen LogP contribution in [0.1, 0.15) is 47.5 Å². The zero-order valence-electron chi connectivity index (χ0n) is 13.0. The van der Waals surface area contributed by atoms with Crippen molar-refractivity contribution < 1.29 is 13.3 Å². The molecule has 0 rings (SSSR count). The Morgan fingerprint density at radius 1 is 0.889 bits per heavy atom. The first-order chi connectivity index (χ1) is 8.66. The molecule has 110 valence electrons. The van der Waals surface area contributed by atoms with Gasteiger partial charge in [0.05, 0.1) is 0 Å². The van der Waals surface area contributed by atoms with Crippen LogP contribution >= 0.6 is 0 Å². The van der Waals surface area contributed by atoms with Gasteiger partial charge in [-0.3, -0.25) is 0 Å². The molecule has 0 aromatic carbocycles. The zero-order valence-corrected chi connectivity index (χ0v) is 14.0. The van der Waals surface area contributed by atoms with Crippen LogP contribution in [0, 0.1) is 0 Å². The normalized spacial score (nSPS) is 11.4. The Morgan fingerprint density at radius 2 is 1.33 bits per heavy atom. The topological polar surface area (TPSA) is 40.0 Å². The van der Waals surface area contributed by atoms with Gasteiger partial charge in [0.2, 0.25) is 0 Å². The molecule has 0 fully saturated rings. The molecule has 0 aliphatic heterocycles. The third kappa shape index (κ3) is 10.9. The van der Waals surface area contributed by atoms with E-state index < -0.39 is 8.80 Å². The summed E-state index contributed by atoms with van der Waals surface area (Å²) >= 11 is 0. The smallest absolute Gasteiger partial charge is 0.374 e. The predicted octanol–water partition coefficient (Wildman–Crippen LogP) is 3.54. The van der Waals surface area contributed by atoms with Gasteiger partial charge in [-0.1, -0.05) is 20.3 Å². The maximum atomic E-state index is 5.65. The number of aliphatic imine (C=N–C) groups is 1. The molecule has 0 atom stereocenters. The van der Waals surface area contributed by atoms with E-state index in [1.54, 1.807) is 7.05 Å². The minimum atomic E-state index is -2.30. The lowest BCUT2D eigenvalue weighted by Crippen LogP contribution is -2.45. The molecule has 18 heavy (non-hydrogen) atoms. The average molecular weight is 277 g/mol. The monoisotopic (exact) mass is 277 g/mol. The Morgan fingerprint density at radius 3 is 1.50 bits per heavy atom. The Balaban J connectivity index is 0. The van der Waals surface area contributed by atoms with Gasteiger partial charge in [0.15, 0.2) is 0 Å². The van der Waals surface area contributed by atoms with E-state index in [-0.39, 0.29) is 0 Å². The molecule has 0 amide bonds. The van der Waals surface area contributed by atoms with Crippen LogP contribution in [-0.2, 0) is 13.3 Å². The molecule has 0 spiro atoms. The number of rotatable bonds is 9. The van der Waals surface area contributed by atoms with Crippen molar-refractivity contribution in [1.29, 1.82) is 0 Å². The van der Waals surface area contributed by atoms with Crippen molar-refractivity contribution in [2.45, 2.75) is 53.5 Å². The fraction of sp³-hybridized carbons (Fsp3) is 0.923. The van der Waals surface area contributed by atoms with Crippen molar-refractivity contribution in [3.63, 3.8) is 0 Å². The highest BCUT2D eigenvalue weighted by molar-refractivity contribution is 6.60. The lowest BCUT2D eigenvalue weighted by molar-refractivity contribution is 0.0712. The van der Waals surface area contributed by atoms with Crippen LogP contribution in [0.15, 0.2) is 4.99 Å². The van der Waals surface area contributed by atoms with E-state index in [2.05, 4.69) is 18.8 Å². The molecule has 0 aromatic rings. The van der Waals surface area contributed by atoms with Crippen molar-refractivity contribution in [1.82, 2.24) is 0 Å². The van der Waals surface area contributed by atoms with Crippen molar-refractivity contribution in [2.24, 2.45) is 4.99 Å². The van der Waals surface area contributed by atoms with E-state index in [4.69, 9.17) is 13.3 Å². The van der Waals surface area contributed by atoms with Gasteiger partial charge in [0, 0.05) is 32.9 Å². The molecule has 0 aliphatic carbocycles. The first kappa shape index (κ1) is 20.1. The van der Waals surface area contributed by atoms with Gasteiger partial charge < -0.3 is 18.3 Å². The second-order valence-corrected chi connectivity index (χ2v) is 6.31. The summed E-state index contributed by atoms with van der Waals surface area (Å²) in [6.07, 6.45) is 3.97. The quantitative estimate of drug-likeness (QED) is 0.478. The first-order valence-electron chi connectivity index (χ1n) is 6.98. The largest absolute Gasteiger partial charge is 0.500 e. The summed E-state index contributed by atoms with van der Waals surface area (Å²) in [6, 6.07) is 0.919. The van der Waals surface area contributed by atoms with Gasteiger partial charge in [-0.25, -0.2) is 0 Å². The Hall–Kier alpha value is -0.233. The van der Waals surface area contributed by atoms with Gasteiger partial charge >= 0.3 is 8.80 Å². The lowest BCUT2D eigenvalue weighted by Gasteiger charge is -2.27. The summed E-state index contributed by atoms with van der Waals surface area (Å²) in [5, 5.41) is 0. The number of hydrogen-bond donors (Lipinski definition) is 0. The van der Waals surface area contributed by atoms with Gasteiger partial charge in [-0.15, -0.1) is 0 Å². The average Bonchev–Trinajstić information content (AvgIpc) is 2.32. The summed E-state index contributed by atoms with van der Waals surface area (Å²) in [5.41, 5.74) is 0. The predicted molar refractivity (Wildman–Crippen MR) is 80.4 cm³/mol. The fourth-order valence-corrected chi connectivity index (χ4v) is 4.10. The molecule has 0 heterocycles. The summed E-state index contributed by atoms with van der Waals surface area (Å²) in [6.45, 7) is 12.1. The molecular formula is C13H31NO3Si. The SMILES string of the molecule is CCC=NC.CCC[Si](OCC)(OCC)OCC. The molecule has 0 aromatic heterocycles. The van der Waals surface area contributed by atoms with Crippen molar-refractivity contribution >= 4 is 15.0 Å². The molecular weight excluding hydrogens is 246 g/mol. The van der Waals surface area contributed by atoms with Gasteiger partial charge in [0.1, 0.15) is 0 Å². The van der Waals surface area contributed by atoms with Gasteiger partial charge in [0.25, 0.3) is 0 Å². The van der Waals surface area contributed by atoms with Crippen molar-refractivity contribution in [2.75, 3.05) is 26.9 Å². The minimum absolute atomic E-state index is 0.673. The highest BCUT2D eigenvalue weighted by atomic mass is 28.4. The molecule has 4 nitrogen and oxygen atoms in total. The molecule has 0 bridgehead atoms. The van der Waals surface area contributed by atoms with E-state index in [0.29, 0.717) is 19.8 Å². The van der Waals surface area contributed by atoms with E-state index >= 15 is 0 Å². The first-order valence-corrected chi connectivity index (χ1v) is 8.91. The Kier molecular flexibility index (Phi) is 16.5. The highest BCUT2D eigenvalue weighted by Gasteiger charge is 2.38. The van der Waals surface area contributed by atoms with Crippen LogP contribution in [0.25, 0.3) is 0 Å². The van der Waals surface area contributed by atoms with Crippen LogP contribution in [0.5, 0.6) is 0 Å².